The van der Waals surface area contributed by atoms with Gasteiger partial charge >= 0.3 is 11.7 Å². The molecule has 26 heavy (non-hydrogen) atoms. The molecule has 0 spiro atoms. The van der Waals surface area contributed by atoms with Crippen LogP contribution in [0.3, 0.4) is 0 Å². The van der Waals surface area contributed by atoms with Gasteiger partial charge in [-0.05, 0) is 20.8 Å². The van der Waals surface area contributed by atoms with Crippen molar-refractivity contribution < 1.29 is 19.2 Å². The Hall–Kier alpha value is -3.24. The van der Waals surface area contributed by atoms with Gasteiger partial charge in [-0.2, -0.15) is 10.2 Å². The molecule has 140 valence electrons. The molecule has 11 heteroatoms. The Morgan fingerprint density at radius 3 is 2.65 bits per heavy atom. The van der Waals surface area contributed by atoms with Crippen LogP contribution in [0.5, 0.6) is 0 Å². The molecule has 0 aliphatic heterocycles. The number of ether oxygens (including phenoxy) is 1. The third-order valence-electron chi connectivity index (χ3n) is 3.29. The molecule has 2 rings (SSSR count). The lowest BCUT2D eigenvalue weighted by molar-refractivity contribution is -0.385. The number of rotatable bonds is 8. The average Bonchev–Trinajstić information content (AvgIpc) is 3.19. The number of hydrogen-bond donors (Lipinski definition) is 1. The number of nitrogens with zero attached hydrogens (tertiary/aromatic N) is 5. The summed E-state index contributed by atoms with van der Waals surface area (Å²) in [5.41, 5.74) is 0.144. The van der Waals surface area contributed by atoms with Crippen LogP contribution in [-0.2, 0) is 22.6 Å². The molecule has 0 atom stereocenters. The summed E-state index contributed by atoms with van der Waals surface area (Å²) in [5.74, 6) is -0.998. The minimum Gasteiger partial charge on any atom is -0.458 e. The van der Waals surface area contributed by atoms with Crippen molar-refractivity contribution in [3.8, 4) is 0 Å². The fraction of sp³-hybridized carbons (Fsp3) is 0.467. The monoisotopic (exact) mass is 364 g/mol. The van der Waals surface area contributed by atoms with Gasteiger partial charge in [0.25, 0.3) is 0 Å². The summed E-state index contributed by atoms with van der Waals surface area (Å²) >= 11 is 0. The van der Waals surface area contributed by atoms with Gasteiger partial charge in [0.1, 0.15) is 12.4 Å². The smallest absolute Gasteiger partial charge is 0.361 e. The van der Waals surface area contributed by atoms with E-state index in [1.165, 1.54) is 15.6 Å². The predicted octanol–water partition coefficient (Wildman–Crippen LogP) is 1.60. The summed E-state index contributed by atoms with van der Waals surface area (Å²) in [6, 6.07) is 0. The number of esters is 1. The van der Waals surface area contributed by atoms with Crippen LogP contribution in [0.15, 0.2) is 18.6 Å². The molecule has 0 bridgehead atoms. The Labute approximate surface area is 149 Å². The van der Waals surface area contributed by atoms with Crippen LogP contribution < -0.4 is 5.32 Å². The van der Waals surface area contributed by atoms with Crippen molar-refractivity contribution in [2.45, 2.75) is 46.4 Å². The van der Waals surface area contributed by atoms with E-state index in [2.05, 4.69) is 15.5 Å². The highest BCUT2D eigenvalue weighted by Crippen LogP contribution is 2.16. The van der Waals surface area contributed by atoms with Crippen LogP contribution in [0.25, 0.3) is 0 Å². The first-order valence-corrected chi connectivity index (χ1v) is 8.05. The van der Waals surface area contributed by atoms with Crippen LogP contribution in [0.4, 0.5) is 11.4 Å². The first-order valence-electron chi connectivity index (χ1n) is 8.05. The van der Waals surface area contributed by atoms with Gasteiger partial charge in [-0.15, -0.1) is 0 Å². The predicted molar refractivity (Wildman–Crippen MR) is 90.6 cm³/mol. The van der Waals surface area contributed by atoms with Crippen molar-refractivity contribution in [2.75, 3.05) is 5.32 Å². The van der Waals surface area contributed by atoms with Gasteiger partial charge in [0.05, 0.1) is 16.7 Å². The molecule has 0 fully saturated rings. The van der Waals surface area contributed by atoms with Crippen LogP contribution in [0.2, 0.25) is 0 Å². The van der Waals surface area contributed by atoms with Crippen molar-refractivity contribution >= 4 is 23.3 Å². The van der Waals surface area contributed by atoms with Gasteiger partial charge in [0.2, 0.25) is 5.91 Å². The molecule has 0 saturated carbocycles. The quantitative estimate of drug-likeness (QED) is 0.427. The lowest BCUT2D eigenvalue weighted by Gasteiger charge is -2.08. The standard InChI is InChI=1S/C15H20N6O5/c1-4-19-9-12(14(18-19)15(23)26-10(2)3)17-13(22)5-6-20-8-11(7-16-20)21(24)25/h7-10H,4-6H2,1-3H3,(H,17,22). The Bertz CT molecular complexity index is 809. The summed E-state index contributed by atoms with van der Waals surface area (Å²) in [7, 11) is 0. The van der Waals surface area contributed by atoms with E-state index in [0.717, 1.165) is 6.20 Å². The molecule has 1 N–H and O–H groups in total. The Balaban J connectivity index is 2.02. The van der Waals surface area contributed by atoms with Gasteiger partial charge in [-0.3, -0.25) is 24.3 Å². The van der Waals surface area contributed by atoms with Crippen molar-refractivity contribution in [1.29, 1.82) is 0 Å². The van der Waals surface area contributed by atoms with Crippen molar-refractivity contribution in [1.82, 2.24) is 19.6 Å². The third-order valence-corrected chi connectivity index (χ3v) is 3.29. The molecule has 2 heterocycles. The fourth-order valence-corrected chi connectivity index (χ4v) is 2.09. The highest BCUT2D eigenvalue weighted by Gasteiger charge is 2.21. The summed E-state index contributed by atoms with van der Waals surface area (Å²) in [5, 5.41) is 21.2. The highest BCUT2D eigenvalue weighted by molar-refractivity contribution is 5.99. The van der Waals surface area contributed by atoms with E-state index in [9.17, 15) is 19.7 Å². The maximum Gasteiger partial charge on any atom is 0.361 e. The number of hydrogen-bond acceptors (Lipinski definition) is 7. The minimum absolute atomic E-state index is 0.0226. The van der Waals surface area contributed by atoms with E-state index in [4.69, 9.17) is 4.74 Å². The van der Waals surface area contributed by atoms with E-state index in [1.54, 1.807) is 20.0 Å². The number of carbonyl (C=O) groups excluding carboxylic acids is 2. The van der Waals surface area contributed by atoms with Gasteiger partial charge in [-0.25, -0.2) is 4.79 Å². The van der Waals surface area contributed by atoms with E-state index < -0.39 is 10.9 Å². The summed E-state index contributed by atoms with van der Waals surface area (Å²) in [6.45, 7) is 5.97. The third kappa shape index (κ3) is 4.88. The van der Waals surface area contributed by atoms with Crippen LogP contribution in [0.1, 0.15) is 37.7 Å². The zero-order valence-corrected chi connectivity index (χ0v) is 14.7. The molecule has 0 radical (unpaired) electrons. The lowest BCUT2D eigenvalue weighted by atomic mass is 10.3. The Morgan fingerprint density at radius 2 is 2.08 bits per heavy atom. The highest BCUT2D eigenvalue weighted by atomic mass is 16.6. The number of anilines is 1. The number of aryl methyl sites for hydroxylation is 2. The Morgan fingerprint density at radius 1 is 1.35 bits per heavy atom. The second kappa shape index (κ2) is 8.23. The van der Waals surface area contributed by atoms with Crippen molar-refractivity contribution in [3.05, 3.63) is 34.4 Å². The largest absolute Gasteiger partial charge is 0.458 e. The van der Waals surface area contributed by atoms with E-state index in [-0.39, 0.29) is 42.0 Å². The molecule has 0 aliphatic carbocycles. The maximum absolute atomic E-state index is 12.1. The molecule has 0 saturated heterocycles. The van der Waals surface area contributed by atoms with Crippen LogP contribution in [0, 0.1) is 10.1 Å². The van der Waals surface area contributed by atoms with Gasteiger partial charge < -0.3 is 10.1 Å². The number of carbonyl (C=O) groups is 2. The average molecular weight is 364 g/mol. The van der Waals surface area contributed by atoms with Gasteiger partial charge in [0.15, 0.2) is 5.69 Å². The lowest BCUT2D eigenvalue weighted by Crippen LogP contribution is -2.18. The number of amides is 1. The minimum atomic E-state index is -0.620. The van der Waals surface area contributed by atoms with Crippen LogP contribution >= 0.6 is 0 Å². The van der Waals surface area contributed by atoms with Crippen molar-refractivity contribution in [3.63, 3.8) is 0 Å². The zero-order chi connectivity index (χ0) is 19.3. The Kier molecular flexibility index (Phi) is 6.04. The first kappa shape index (κ1) is 19.1. The fourth-order valence-electron chi connectivity index (χ4n) is 2.09. The molecule has 1 amide bonds. The summed E-state index contributed by atoms with van der Waals surface area (Å²) in [6.07, 6.45) is 3.62. The van der Waals surface area contributed by atoms with Gasteiger partial charge in [0, 0.05) is 25.7 Å². The molecular weight excluding hydrogens is 344 g/mol. The molecule has 2 aromatic rings. The zero-order valence-electron chi connectivity index (χ0n) is 14.7. The summed E-state index contributed by atoms with van der Waals surface area (Å²) in [4.78, 5) is 34.3. The number of nitro groups is 1. The van der Waals surface area contributed by atoms with E-state index >= 15 is 0 Å². The molecule has 0 aliphatic rings. The second-order valence-electron chi connectivity index (χ2n) is 5.72. The normalized spacial score (nSPS) is 10.8. The number of aromatic nitrogens is 4. The second-order valence-corrected chi connectivity index (χ2v) is 5.72. The number of nitrogens with one attached hydrogen (secondary N) is 1. The SMILES string of the molecule is CCn1cc(NC(=O)CCn2cc([N+](=O)[O-])cn2)c(C(=O)OC(C)C)n1. The molecule has 0 unspecified atom stereocenters. The van der Waals surface area contributed by atoms with Crippen LogP contribution in [-0.4, -0.2) is 42.5 Å². The van der Waals surface area contributed by atoms with Crippen molar-refractivity contribution in [2.24, 2.45) is 0 Å². The first-order chi connectivity index (χ1) is 12.3. The van der Waals surface area contributed by atoms with Gasteiger partial charge in [-0.1, -0.05) is 0 Å². The van der Waals surface area contributed by atoms with E-state index in [0.29, 0.717) is 6.54 Å². The topological polar surface area (TPSA) is 134 Å². The summed E-state index contributed by atoms with van der Waals surface area (Å²) < 4.78 is 7.95. The molecule has 2 aromatic heterocycles. The maximum atomic E-state index is 12.1. The van der Waals surface area contributed by atoms with E-state index in [1.807, 2.05) is 6.92 Å². The molecule has 0 aromatic carbocycles. The molecular formula is C15H20N6O5. The molecule has 11 nitrogen and oxygen atoms in total.